The summed E-state index contributed by atoms with van der Waals surface area (Å²) >= 11 is 4.96. The Kier molecular flexibility index (Phi) is 8.28. The second-order valence-corrected chi connectivity index (χ2v) is 5.89. The Morgan fingerprint density at radius 1 is 1.00 bits per heavy atom. The van der Waals surface area contributed by atoms with E-state index in [1.165, 1.54) is 50.6 Å². The van der Waals surface area contributed by atoms with Crippen LogP contribution in [0.1, 0.15) is 57.4 Å². The molecule has 2 N–H and O–H groups in total. The highest BCUT2D eigenvalue weighted by molar-refractivity contribution is 7.80. The second-order valence-electron chi connectivity index (χ2n) is 5.45. The van der Waals surface area contributed by atoms with Gasteiger partial charge in [-0.1, -0.05) is 57.7 Å². The third kappa shape index (κ3) is 6.38. The van der Waals surface area contributed by atoms with E-state index in [4.69, 9.17) is 18.0 Å². The minimum atomic E-state index is 0.464. The van der Waals surface area contributed by atoms with Crippen LogP contribution in [0.25, 0.3) is 0 Å². The molecular formula is C17H28N2S. The summed E-state index contributed by atoms with van der Waals surface area (Å²) in [5.74, 6) is 0. The van der Waals surface area contributed by atoms with Gasteiger partial charge in [0.2, 0.25) is 0 Å². The van der Waals surface area contributed by atoms with Gasteiger partial charge in [0.1, 0.15) is 4.99 Å². The van der Waals surface area contributed by atoms with Crippen molar-refractivity contribution in [1.29, 1.82) is 0 Å². The van der Waals surface area contributed by atoms with Gasteiger partial charge in [-0.05, 0) is 30.7 Å². The number of benzene rings is 1. The maximum atomic E-state index is 5.61. The summed E-state index contributed by atoms with van der Waals surface area (Å²) in [5.41, 5.74) is 7.78. The first kappa shape index (κ1) is 17.0. The molecule has 1 rings (SSSR count). The predicted molar refractivity (Wildman–Crippen MR) is 93.6 cm³/mol. The molecule has 0 amide bonds. The molecule has 0 atom stereocenters. The van der Waals surface area contributed by atoms with E-state index in [9.17, 15) is 0 Å². The third-order valence-electron chi connectivity index (χ3n) is 3.69. The van der Waals surface area contributed by atoms with Crippen molar-refractivity contribution in [2.45, 2.75) is 51.9 Å². The zero-order valence-electron chi connectivity index (χ0n) is 12.9. The first-order valence-electron chi connectivity index (χ1n) is 7.76. The number of thiocarbonyl (C=S) groups is 1. The first-order valence-corrected chi connectivity index (χ1v) is 8.17. The summed E-state index contributed by atoms with van der Waals surface area (Å²) in [7, 11) is 2.15. The van der Waals surface area contributed by atoms with Crippen LogP contribution in [0.15, 0.2) is 24.3 Å². The highest BCUT2D eigenvalue weighted by atomic mass is 32.1. The number of nitrogens with zero attached hydrogens (tertiary/aromatic N) is 1. The fourth-order valence-electron chi connectivity index (χ4n) is 2.32. The minimum Gasteiger partial charge on any atom is -0.389 e. The third-order valence-corrected chi connectivity index (χ3v) is 3.93. The number of anilines is 1. The lowest BCUT2D eigenvalue weighted by atomic mass is 10.1. The molecule has 3 heteroatoms. The van der Waals surface area contributed by atoms with Crippen LogP contribution in [-0.2, 0) is 0 Å². The van der Waals surface area contributed by atoms with Crippen LogP contribution in [0.4, 0.5) is 5.69 Å². The van der Waals surface area contributed by atoms with Gasteiger partial charge in [0.05, 0.1) is 0 Å². The lowest BCUT2D eigenvalue weighted by Crippen LogP contribution is -2.18. The Bertz CT molecular complexity index is 386. The van der Waals surface area contributed by atoms with Crippen molar-refractivity contribution >= 4 is 22.9 Å². The smallest absolute Gasteiger partial charge is 0.103 e. The molecule has 2 nitrogen and oxygen atoms in total. The molecular weight excluding hydrogens is 264 g/mol. The topological polar surface area (TPSA) is 29.3 Å². The van der Waals surface area contributed by atoms with E-state index in [2.05, 4.69) is 31.0 Å². The maximum Gasteiger partial charge on any atom is 0.103 e. The van der Waals surface area contributed by atoms with Gasteiger partial charge in [0.25, 0.3) is 0 Å². The largest absolute Gasteiger partial charge is 0.389 e. The second kappa shape index (κ2) is 9.76. The van der Waals surface area contributed by atoms with E-state index >= 15 is 0 Å². The fraction of sp³-hybridized carbons (Fsp3) is 0.588. The summed E-state index contributed by atoms with van der Waals surface area (Å²) < 4.78 is 0. The van der Waals surface area contributed by atoms with Crippen LogP contribution in [0.5, 0.6) is 0 Å². The molecule has 0 unspecified atom stereocenters. The van der Waals surface area contributed by atoms with Gasteiger partial charge in [-0.2, -0.15) is 0 Å². The Balaban J connectivity index is 2.22. The van der Waals surface area contributed by atoms with Gasteiger partial charge in [0, 0.05) is 24.8 Å². The van der Waals surface area contributed by atoms with E-state index in [0.717, 1.165) is 12.1 Å². The summed E-state index contributed by atoms with van der Waals surface area (Å²) in [4.78, 5) is 2.77. The van der Waals surface area contributed by atoms with E-state index in [0.29, 0.717) is 4.99 Å². The van der Waals surface area contributed by atoms with E-state index in [1.807, 2.05) is 12.1 Å². The minimum absolute atomic E-state index is 0.464. The molecule has 0 aromatic heterocycles. The number of hydrogen-bond donors (Lipinski definition) is 1. The predicted octanol–water partition coefficient (Wildman–Crippen LogP) is 4.51. The fourth-order valence-corrected chi connectivity index (χ4v) is 2.45. The summed E-state index contributed by atoms with van der Waals surface area (Å²) in [6.07, 6.45) is 9.46. The van der Waals surface area contributed by atoms with Crippen LogP contribution in [0.2, 0.25) is 0 Å². The highest BCUT2D eigenvalue weighted by Gasteiger charge is 2.02. The van der Waals surface area contributed by atoms with Gasteiger partial charge in [-0.3, -0.25) is 0 Å². The summed E-state index contributed by atoms with van der Waals surface area (Å²) in [6, 6.07) is 8.18. The zero-order chi connectivity index (χ0) is 14.8. The van der Waals surface area contributed by atoms with Crippen LogP contribution in [0, 0.1) is 0 Å². The lowest BCUT2D eigenvalue weighted by Gasteiger charge is -2.19. The Labute approximate surface area is 129 Å². The van der Waals surface area contributed by atoms with Gasteiger partial charge >= 0.3 is 0 Å². The summed E-state index contributed by atoms with van der Waals surface area (Å²) in [6.45, 7) is 3.37. The molecule has 0 fully saturated rings. The maximum absolute atomic E-state index is 5.61. The molecule has 0 spiro atoms. The van der Waals surface area contributed by atoms with Crippen molar-refractivity contribution in [2.24, 2.45) is 5.73 Å². The Morgan fingerprint density at radius 3 is 2.10 bits per heavy atom. The van der Waals surface area contributed by atoms with Crippen molar-refractivity contribution < 1.29 is 0 Å². The molecule has 0 radical (unpaired) electrons. The number of rotatable bonds is 10. The molecule has 0 heterocycles. The van der Waals surface area contributed by atoms with Crippen LogP contribution in [0.3, 0.4) is 0 Å². The van der Waals surface area contributed by atoms with E-state index < -0.39 is 0 Å². The van der Waals surface area contributed by atoms with Crippen LogP contribution >= 0.6 is 12.2 Å². The van der Waals surface area contributed by atoms with Gasteiger partial charge in [-0.25, -0.2) is 0 Å². The first-order chi connectivity index (χ1) is 9.65. The standard InChI is InChI=1S/C17H28N2S/c1-3-4-5-6-7-8-9-14-19(2)16-12-10-15(11-13-16)17(18)20/h10-13H,3-9,14H2,1-2H3,(H2,18,20). The zero-order valence-corrected chi connectivity index (χ0v) is 13.7. The molecule has 0 bridgehead atoms. The summed E-state index contributed by atoms with van der Waals surface area (Å²) in [5, 5.41) is 0. The van der Waals surface area contributed by atoms with Gasteiger partial charge in [0.15, 0.2) is 0 Å². The van der Waals surface area contributed by atoms with Gasteiger partial charge in [-0.15, -0.1) is 0 Å². The average molecular weight is 292 g/mol. The normalized spacial score (nSPS) is 10.5. The van der Waals surface area contributed by atoms with Crippen LogP contribution < -0.4 is 10.6 Å². The van der Waals surface area contributed by atoms with Crippen molar-refractivity contribution in [3.05, 3.63) is 29.8 Å². The molecule has 0 aliphatic heterocycles. The molecule has 20 heavy (non-hydrogen) atoms. The highest BCUT2D eigenvalue weighted by Crippen LogP contribution is 2.15. The molecule has 0 saturated carbocycles. The van der Waals surface area contributed by atoms with Crippen molar-refractivity contribution in [1.82, 2.24) is 0 Å². The number of hydrogen-bond acceptors (Lipinski definition) is 2. The van der Waals surface area contributed by atoms with Crippen molar-refractivity contribution in [2.75, 3.05) is 18.5 Å². The van der Waals surface area contributed by atoms with Gasteiger partial charge < -0.3 is 10.6 Å². The molecule has 0 aliphatic rings. The van der Waals surface area contributed by atoms with E-state index in [1.54, 1.807) is 0 Å². The molecule has 112 valence electrons. The quantitative estimate of drug-likeness (QED) is 0.508. The number of unbranched alkanes of at least 4 members (excludes halogenated alkanes) is 6. The Hall–Kier alpha value is -1.09. The molecule has 1 aromatic carbocycles. The lowest BCUT2D eigenvalue weighted by molar-refractivity contribution is 0.589. The molecule has 1 aromatic rings. The SMILES string of the molecule is CCCCCCCCCN(C)c1ccc(C(N)=S)cc1. The molecule has 0 aliphatic carbocycles. The monoisotopic (exact) mass is 292 g/mol. The Morgan fingerprint density at radius 2 is 1.55 bits per heavy atom. The number of nitrogens with two attached hydrogens (primary N) is 1. The van der Waals surface area contributed by atoms with Crippen molar-refractivity contribution in [3.63, 3.8) is 0 Å². The van der Waals surface area contributed by atoms with Crippen molar-refractivity contribution in [3.8, 4) is 0 Å². The van der Waals surface area contributed by atoms with Crippen LogP contribution in [-0.4, -0.2) is 18.6 Å². The molecule has 0 saturated heterocycles. The van der Waals surface area contributed by atoms with E-state index in [-0.39, 0.29) is 0 Å². The average Bonchev–Trinajstić information content (AvgIpc) is 2.46.